The fraction of sp³-hybridized carbons (Fsp3) is 0.588. The van der Waals surface area contributed by atoms with Gasteiger partial charge in [-0.05, 0) is 51.3 Å². The molecule has 1 aromatic carbocycles. The number of aryl methyl sites for hydroxylation is 1. The van der Waals surface area contributed by atoms with E-state index >= 15 is 0 Å². The van der Waals surface area contributed by atoms with Crippen molar-refractivity contribution in [3.05, 3.63) is 29.3 Å². The lowest BCUT2D eigenvalue weighted by Gasteiger charge is -2.20. The molecule has 118 valence electrons. The number of nitrogens with one attached hydrogen (secondary N) is 1. The molecule has 0 aliphatic heterocycles. The Morgan fingerprint density at radius 1 is 1.33 bits per heavy atom. The lowest BCUT2D eigenvalue weighted by atomic mass is 10.1. The predicted molar refractivity (Wildman–Crippen MR) is 86.4 cm³/mol. The smallest absolute Gasteiger partial charge is 0.260 e. The van der Waals surface area contributed by atoms with Gasteiger partial charge < -0.3 is 15.8 Å². The third-order valence-electron chi connectivity index (χ3n) is 3.51. The predicted octanol–water partition coefficient (Wildman–Crippen LogP) is 3.09. The number of carbonyl (C=O) groups excluding carboxylic acids is 1. The zero-order chi connectivity index (χ0) is 16.0. The average molecular weight is 292 g/mol. The summed E-state index contributed by atoms with van der Waals surface area (Å²) in [5.41, 5.74) is 7.92. The Morgan fingerprint density at radius 2 is 2.00 bits per heavy atom. The van der Waals surface area contributed by atoms with E-state index in [2.05, 4.69) is 12.2 Å². The molecule has 3 atom stereocenters. The van der Waals surface area contributed by atoms with Crippen molar-refractivity contribution < 1.29 is 9.53 Å². The quantitative estimate of drug-likeness (QED) is 0.811. The Kier molecular flexibility index (Phi) is 6.69. The van der Waals surface area contributed by atoms with Crippen LogP contribution in [0.5, 0.6) is 5.75 Å². The fourth-order valence-corrected chi connectivity index (χ4v) is 2.20. The Bertz CT molecular complexity index is 472. The van der Waals surface area contributed by atoms with Gasteiger partial charge in [0.15, 0.2) is 6.10 Å². The van der Waals surface area contributed by atoms with E-state index < -0.39 is 6.10 Å². The normalized spacial score (nSPS) is 15.1. The monoisotopic (exact) mass is 292 g/mol. The van der Waals surface area contributed by atoms with Gasteiger partial charge >= 0.3 is 0 Å². The summed E-state index contributed by atoms with van der Waals surface area (Å²) in [4.78, 5) is 12.1. The number of benzene rings is 1. The molecule has 0 aromatic heterocycles. The van der Waals surface area contributed by atoms with E-state index in [0.717, 1.165) is 29.7 Å². The van der Waals surface area contributed by atoms with Crippen molar-refractivity contribution in [3.8, 4) is 5.75 Å². The Labute approximate surface area is 128 Å². The lowest BCUT2D eigenvalue weighted by Crippen LogP contribution is -2.41. The number of amides is 1. The molecule has 0 fully saturated rings. The lowest BCUT2D eigenvalue weighted by molar-refractivity contribution is -0.127. The van der Waals surface area contributed by atoms with Gasteiger partial charge in [0.1, 0.15) is 5.75 Å². The maximum atomic E-state index is 12.1. The van der Waals surface area contributed by atoms with E-state index in [1.165, 1.54) is 0 Å². The molecule has 0 spiro atoms. The molecule has 4 heteroatoms. The highest BCUT2D eigenvalue weighted by Gasteiger charge is 2.17. The second-order valence-corrected chi connectivity index (χ2v) is 5.77. The average Bonchev–Trinajstić information content (AvgIpc) is 2.40. The highest BCUT2D eigenvalue weighted by Crippen LogP contribution is 2.22. The minimum Gasteiger partial charge on any atom is -0.481 e. The summed E-state index contributed by atoms with van der Waals surface area (Å²) < 4.78 is 5.77. The van der Waals surface area contributed by atoms with Crippen LogP contribution in [0.1, 0.15) is 57.7 Å². The van der Waals surface area contributed by atoms with Gasteiger partial charge in [-0.2, -0.15) is 0 Å². The van der Waals surface area contributed by atoms with Gasteiger partial charge in [0.2, 0.25) is 0 Å². The van der Waals surface area contributed by atoms with E-state index in [4.69, 9.17) is 10.5 Å². The largest absolute Gasteiger partial charge is 0.481 e. The Hall–Kier alpha value is -1.55. The summed E-state index contributed by atoms with van der Waals surface area (Å²) in [6.45, 7) is 9.79. The maximum absolute atomic E-state index is 12.1. The van der Waals surface area contributed by atoms with Gasteiger partial charge in [-0.15, -0.1) is 0 Å². The highest BCUT2D eigenvalue weighted by atomic mass is 16.5. The van der Waals surface area contributed by atoms with Crippen LogP contribution < -0.4 is 15.8 Å². The molecule has 1 amide bonds. The van der Waals surface area contributed by atoms with Crippen molar-refractivity contribution in [3.63, 3.8) is 0 Å². The Balaban J connectivity index is 2.66. The molecule has 0 heterocycles. The van der Waals surface area contributed by atoms with Crippen molar-refractivity contribution in [2.75, 3.05) is 0 Å². The summed E-state index contributed by atoms with van der Waals surface area (Å²) in [7, 11) is 0. The first-order chi connectivity index (χ1) is 9.85. The number of hydrogen-bond acceptors (Lipinski definition) is 3. The molecule has 21 heavy (non-hydrogen) atoms. The van der Waals surface area contributed by atoms with E-state index in [0.29, 0.717) is 0 Å². The van der Waals surface area contributed by atoms with Crippen molar-refractivity contribution in [2.24, 2.45) is 5.73 Å². The van der Waals surface area contributed by atoms with Crippen LogP contribution in [0.4, 0.5) is 0 Å². The fourth-order valence-electron chi connectivity index (χ4n) is 2.20. The van der Waals surface area contributed by atoms with Crippen molar-refractivity contribution in [1.82, 2.24) is 5.32 Å². The second-order valence-electron chi connectivity index (χ2n) is 5.77. The Morgan fingerprint density at radius 3 is 2.52 bits per heavy atom. The molecule has 0 bridgehead atoms. The molecule has 0 saturated heterocycles. The van der Waals surface area contributed by atoms with Crippen LogP contribution in [0.15, 0.2) is 18.2 Å². The van der Waals surface area contributed by atoms with Crippen LogP contribution in [0, 0.1) is 6.92 Å². The van der Waals surface area contributed by atoms with Gasteiger partial charge in [-0.1, -0.05) is 25.5 Å². The first-order valence-corrected chi connectivity index (χ1v) is 7.68. The maximum Gasteiger partial charge on any atom is 0.260 e. The minimum atomic E-state index is -0.510. The molecule has 3 N–H and O–H groups in total. The topological polar surface area (TPSA) is 64.3 Å². The molecular weight excluding hydrogens is 264 g/mol. The second kappa shape index (κ2) is 8.03. The first kappa shape index (κ1) is 17.5. The zero-order valence-corrected chi connectivity index (χ0v) is 13.8. The molecule has 2 unspecified atom stereocenters. The van der Waals surface area contributed by atoms with Crippen molar-refractivity contribution in [1.29, 1.82) is 0 Å². The van der Waals surface area contributed by atoms with E-state index in [1.54, 1.807) is 6.92 Å². The summed E-state index contributed by atoms with van der Waals surface area (Å²) in [6, 6.07) is 6.00. The van der Waals surface area contributed by atoms with Gasteiger partial charge in [-0.25, -0.2) is 0 Å². The molecule has 1 rings (SSSR count). The van der Waals surface area contributed by atoms with Gasteiger partial charge in [-0.3, -0.25) is 4.79 Å². The molecule has 0 radical (unpaired) electrons. The van der Waals surface area contributed by atoms with Crippen molar-refractivity contribution >= 4 is 5.91 Å². The summed E-state index contributed by atoms with van der Waals surface area (Å²) in [5.74, 6) is 0.650. The van der Waals surface area contributed by atoms with Crippen LogP contribution in [0.3, 0.4) is 0 Å². The zero-order valence-electron chi connectivity index (χ0n) is 13.8. The molecule has 0 saturated carbocycles. The minimum absolute atomic E-state index is 0.00614. The SMILES string of the molecule is CCCC(C)NC(=O)C(C)Oc1ccc([C@H](C)N)cc1C. The van der Waals surface area contributed by atoms with E-state index in [9.17, 15) is 4.79 Å². The standard InChI is InChI=1S/C17H28N2O2/c1-6-7-12(3)19-17(20)14(5)21-16-9-8-15(13(4)18)10-11(16)2/h8-10,12-14H,6-7,18H2,1-5H3,(H,19,20)/t12?,13-,14?/m0/s1. The number of carbonyl (C=O) groups is 1. The third kappa shape index (κ3) is 5.38. The van der Waals surface area contributed by atoms with Gasteiger partial charge in [0, 0.05) is 12.1 Å². The van der Waals surface area contributed by atoms with Gasteiger partial charge in [0.25, 0.3) is 5.91 Å². The van der Waals surface area contributed by atoms with Crippen LogP contribution in [0.2, 0.25) is 0 Å². The molecular formula is C17H28N2O2. The molecule has 0 aliphatic rings. The van der Waals surface area contributed by atoms with E-state index in [-0.39, 0.29) is 18.0 Å². The summed E-state index contributed by atoms with van der Waals surface area (Å²) >= 11 is 0. The van der Waals surface area contributed by atoms with Crippen LogP contribution in [0.25, 0.3) is 0 Å². The van der Waals surface area contributed by atoms with Crippen LogP contribution >= 0.6 is 0 Å². The number of rotatable bonds is 7. The number of hydrogen-bond donors (Lipinski definition) is 2. The number of nitrogens with two attached hydrogens (primary N) is 1. The number of ether oxygens (including phenoxy) is 1. The molecule has 0 aliphatic carbocycles. The summed E-state index contributed by atoms with van der Waals surface area (Å²) in [5, 5.41) is 2.97. The van der Waals surface area contributed by atoms with Gasteiger partial charge in [0.05, 0.1) is 0 Å². The summed E-state index contributed by atoms with van der Waals surface area (Å²) in [6.07, 6.45) is 1.51. The first-order valence-electron chi connectivity index (χ1n) is 7.68. The van der Waals surface area contributed by atoms with Crippen LogP contribution in [-0.2, 0) is 4.79 Å². The van der Waals surface area contributed by atoms with E-state index in [1.807, 2.05) is 39.0 Å². The third-order valence-corrected chi connectivity index (χ3v) is 3.51. The van der Waals surface area contributed by atoms with Crippen LogP contribution in [-0.4, -0.2) is 18.1 Å². The molecule has 4 nitrogen and oxygen atoms in total. The molecule has 1 aromatic rings. The van der Waals surface area contributed by atoms with Crippen molar-refractivity contribution in [2.45, 2.75) is 65.6 Å². The highest BCUT2D eigenvalue weighted by molar-refractivity contribution is 5.81.